The number of nitrogens with zero attached hydrogens (tertiary/aromatic N) is 4. The normalized spacial score (nSPS) is 22.9. The molecule has 0 radical (unpaired) electrons. The van der Waals surface area contributed by atoms with E-state index in [4.69, 9.17) is 0 Å². The molecule has 0 aromatic carbocycles. The van der Waals surface area contributed by atoms with Crippen molar-refractivity contribution in [3.63, 3.8) is 0 Å². The highest BCUT2D eigenvalue weighted by atomic mass is 32.2. The molecule has 114 valence electrons. The third-order valence-electron chi connectivity index (χ3n) is 3.68. The zero-order valence-corrected chi connectivity index (χ0v) is 12.8. The van der Waals surface area contributed by atoms with Crippen LogP contribution in [-0.4, -0.2) is 52.2 Å². The first-order chi connectivity index (χ1) is 9.40. The lowest BCUT2D eigenvalue weighted by atomic mass is 10.00. The van der Waals surface area contributed by atoms with E-state index in [-0.39, 0.29) is 5.92 Å². The lowest BCUT2D eigenvalue weighted by Crippen LogP contribution is -2.40. The third-order valence-corrected chi connectivity index (χ3v) is 4.95. The van der Waals surface area contributed by atoms with Crippen LogP contribution in [0.5, 0.6) is 0 Å². The van der Waals surface area contributed by atoms with Crippen molar-refractivity contribution in [1.82, 2.24) is 19.3 Å². The van der Waals surface area contributed by atoms with E-state index in [1.54, 1.807) is 10.9 Å². The van der Waals surface area contributed by atoms with Gasteiger partial charge in [0, 0.05) is 19.6 Å². The maximum absolute atomic E-state index is 11.6. The van der Waals surface area contributed by atoms with Gasteiger partial charge in [0.25, 0.3) is 0 Å². The van der Waals surface area contributed by atoms with Gasteiger partial charge in [-0.05, 0) is 25.2 Å². The van der Waals surface area contributed by atoms with E-state index in [1.807, 2.05) is 6.92 Å². The Morgan fingerprint density at radius 1 is 1.55 bits per heavy atom. The molecular weight excluding hydrogens is 280 g/mol. The number of piperidine rings is 1. The topological polar surface area (TPSA) is 88.3 Å². The molecule has 2 heterocycles. The highest BCUT2D eigenvalue weighted by molar-refractivity contribution is 7.88. The Morgan fingerprint density at radius 2 is 2.30 bits per heavy atom. The Balaban J connectivity index is 1.98. The summed E-state index contributed by atoms with van der Waals surface area (Å²) in [6.45, 7) is 3.65. The molecule has 0 spiro atoms. The molecule has 0 amide bonds. The summed E-state index contributed by atoms with van der Waals surface area (Å²) >= 11 is 0. The largest absolute Gasteiger partial charge is 0.387 e. The Labute approximate surface area is 119 Å². The molecule has 2 atom stereocenters. The average Bonchev–Trinajstić information content (AvgIpc) is 2.85. The van der Waals surface area contributed by atoms with Crippen molar-refractivity contribution in [1.29, 1.82) is 0 Å². The van der Waals surface area contributed by atoms with Gasteiger partial charge in [0.2, 0.25) is 10.0 Å². The highest BCUT2D eigenvalue weighted by Gasteiger charge is 2.26. The molecule has 2 rings (SSSR count). The van der Waals surface area contributed by atoms with Crippen LogP contribution in [0.15, 0.2) is 6.20 Å². The first kappa shape index (κ1) is 15.4. The summed E-state index contributed by atoms with van der Waals surface area (Å²) < 4.78 is 26.4. The lowest BCUT2D eigenvalue weighted by Gasteiger charge is -2.30. The average molecular weight is 302 g/mol. The van der Waals surface area contributed by atoms with Crippen molar-refractivity contribution in [2.75, 3.05) is 19.3 Å². The minimum absolute atomic E-state index is 0.242. The first-order valence-corrected chi connectivity index (χ1v) is 8.78. The molecule has 2 unspecified atom stereocenters. The predicted molar refractivity (Wildman–Crippen MR) is 74.4 cm³/mol. The maximum atomic E-state index is 11.6. The fourth-order valence-electron chi connectivity index (χ4n) is 2.51. The van der Waals surface area contributed by atoms with Crippen LogP contribution in [0.3, 0.4) is 0 Å². The van der Waals surface area contributed by atoms with Gasteiger partial charge in [0.1, 0.15) is 5.69 Å². The van der Waals surface area contributed by atoms with Gasteiger partial charge in [0.15, 0.2) is 0 Å². The van der Waals surface area contributed by atoms with Crippen molar-refractivity contribution < 1.29 is 13.5 Å². The predicted octanol–water partition coefficient (Wildman–Crippen LogP) is 0.393. The summed E-state index contributed by atoms with van der Waals surface area (Å²) in [6, 6.07) is 0. The van der Waals surface area contributed by atoms with E-state index in [0.717, 1.165) is 12.8 Å². The third kappa shape index (κ3) is 3.77. The molecule has 1 aliphatic rings. The lowest BCUT2D eigenvalue weighted by molar-refractivity contribution is 0.168. The quantitative estimate of drug-likeness (QED) is 0.850. The minimum atomic E-state index is -3.12. The van der Waals surface area contributed by atoms with E-state index in [2.05, 4.69) is 10.3 Å². The molecule has 1 aromatic heterocycles. The van der Waals surface area contributed by atoms with Crippen LogP contribution in [0.1, 0.15) is 38.0 Å². The Hall–Kier alpha value is -0.990. The van der Waals surface area contributed by atoms with E-state index in [9.17, 15) is 13.5 Å². The van der Waals surface area contributed by atoms with E-state index < -0.39 is 16.1 Å². The van der Waals surface area contributed by atoms with Crippen molar-refractivity contribution >= 4 is 10.0 Å². The minimum Gasteiger partial charge on any atom is -0.387 e. The summed E-state index contributed by atoms with van der Waals surface area (Å²) in [6.07, 6.45) is 4.87. The van der Waals surface area contributed by atoms with Crippen LogP contribution < -0.4 is 0 Å². The van der Waals surface area contributed by atoms with E-state index >= 15 is 0 Å². The molecule has 1 aromatic rings. The van der Waals surface area contributed by atoms with Crippen LogP contribution in [-0.2, 0) is 16.6 Å². The zero-order chi connectivity index (χ0) is 14.8. The van der Waals surface area contributed by atoms with Crippen molar-refractivity contribution in [3.8, 4) is 0 Å². The fraction of sp³-hybridized carbons (Fsp3) is 0.833. The molecule has 0 saturated carbocycles. The first-order valence-electron chi connectivity index (χ1n) is 6.93. The number of aliphatic hydroxyl groups is 1. The van der Waals surface area contributed by atoms with E-state index in [1.165, 1.54) is 10.6 Å². The Bertz CT molecular complexity index is 543. The van der Waals surface area contributed by atoms with Gasteiger partial charge >= 0.3 is 0 Å². The van der Waals surface area contributed by atoms with Gasteiger partial charge in [-0.25, -0.2) is 12.7 Å². The SMILES string of the molecule is CCC(O)c1cn(CC2CCCN(S(C)(=O)=O)C2)nn1. The van der Waals surface area contributed by atoms with Gasteiger partial charge in [-0.2, -0.15) is 0 Å². The van der Waals surface area contributed by atoms with Crippen molar-refractivity contribution in [2.45, 2.75) is 38.8 Å². The van der Waals surface area contributed by atoms with Crippen LogP contribution in [0.4, 0.5) is 0 Å². The number of hydrogen-bond donors (Lipinski definition) is 1. The molecule has 1 N–H and O–H groups in total. The number of rotatable bonds is 5. The summed E-state index contributed by atoms with van der Waals surface area (Å²) in [5, 5.41) is 17.7. The second-order valence-corrected chi connectivity index (χ2v) is 7.40. The Kier molecular flexibility index (Phi) is 4.77. The Morgan fingerprint density at radius 3 is 2.95 bits per heavy atom. The smallest absolute Gasteiger partial charge is 0.211 e. The zero-order valence-electron chi connectivity index (χ0n) is 11.9. The molecule has 1 fully saturated rings. The summed E-state index contributed by atoms with van der Waals surface area (Å²) in [4.78, 5) is 0. The fourth-order valence-corrected chi connectivity index (χ4v) is 3.45. The van der Waals surface area contributed by atoms with Crippen molar-refractivity contribution in [2.24, 2.45) is 5.92 Å². The van der Waals surface area contributed by atoms with Gasteiger partial charge < -0.3 is 5.11 Å². The second kappa shape index (κ2) is 6.19. The maximum Gasteiger partial charge on any atom is 0.211 e. The monoisotopic (exact) mass is 302 g/mol. The van der Waals surface area contributed by atoms with Gasteiger partial charge in [-0.1, -0.05) is 12.1 Å². The molecule has 1 aliphatic heterocycles. The summed E-state index contributed by atoms with van der Waals surface area (Å²) in [5.74, 6) is 0.242. The molecule has 20 heavy (non-hydrogen) atoms. The van der Waals surface area contributed by atoms with E-state index in [0.29, 0.717) is 31.7 Å². The van der Waals surface area contributed by atoms with Gasteiger partial charge in [-0.3, -0.25) is 4.68 Å². The van der Waals surface area contributed by atoms with Crippen molar-refractivity contribution in [3.05, 3.63) is 11.9 Å². The number of aromatic nitrogens is 3. The van der Waals surface area contributed by atoms with Gasteiger partial charge in [0.05, 0.1) is 18.6 Å². The molecule has 0 aliphatic carbocycles. The molecule has 1 saturated heterocycles. The molecule has 8 heteroatoms. The molecule has 0 bridgehead atoms. The number of hydrogen-bond acceptors (Lipinski definition) is 5. The van der Waals surface area contributed by atoms with Crippen LogP contribution in [0.2, 0.25) is 0 Å². The summed E-state index contributed by atoms with van der Waals surface area (Å²) in [5.41, 5.74) is 0.572. The van der Waals surface area contributed by atoms with Gasteiger partial charge in [-0.15, -0.1) is 5.10 Å². The number of sulfonamides is 1. The standard InChI is InChI=1S/C12H22N4O3S/c1-3-12(17)11-9-15(14-13-11)7-10-5-4-6-16(8-10)20(2,18)19/h9-10,12,17H,3-8H2,1-2H3. The number of aliphatic hydroxyl groups excluding tert-OH is 1. The molecular formula is C12H22N4O3S. The molecule has 7 nitrogen and oxygen atoms in total. The highest BCUT2D eigenvalue weighted by Crippen LogP contribution is 2.20. The van der Waals surface area contributed by atoms with Crippen LogP contribution in [0, 0.1) is 5.92 Å². The van der Waals surface area contributed by atoms with Crippen LogP contribution in [0.25, 0.3) is 0 Å². The summed E-state index contributed by atoms with van der Waals surface area (Å²) in [7, 11) is -3.12. The van der Waals surface area contributed by atoms with Crippen LogP contribution >= 0.6 is 0 Å². The second-order valence-electron chi connectivity index (χ2n) is 5.42.